The van der Waals surface area contributed by atoms with Crippen molar-refractivity contribution in [2.24, 2.45) is 17.8 Å². The van der Waals surface area contributed by atoms with E-state index in [1.165, 1.54) is 17.2 Å². The molecule has 0 spiro atoms. The molecule has 0 aromatic heterocycles. The molecule has 0 aromatic rings. The van der Waals surface area contributed by atoms with Crippen LogP contribution in [0.4, 0.5) is 0 Å². The second-order valence-electron chi connectivity index (χ2n) is 18.6. The third-order valence-electron chi connectivity index (χ3n) is 12.0. The molecule has 3 fully saturated rings. The van der Waals surface area contributed by atoms with Gasteiger partial charge in [-0.1, -0.05) is 0 Å². The van der Waals surface area contributed by atoms with Gasteiger partial charge in [-0.25, -0.2) is 0 Å². The SMILES string of the molecule is COC(CCC(=O)OCC1CC(C)(C)N(O)C1(C)C)(CCC(=O)OCC1CC(C)(C)N(O)C1(C)C)CC(=O)OCC1CC(C)(C)NC1(C)C. The topological polar surface area (TPSA) is 147 Å². The molecule has 12 heteroatoms. The van der Waals surface area contributed by atoms with Crippen LogP contribution < -0.4 is 5.32 Å². The molecule has 0 bridgehead atoms. The highest BCUT2D eigenvalue weighted by molar-refractivity contribution is 5.73. The molecule has 3 saturated heterocycles. The number of nitrogens with one attached hydrogen (secondary N) is 1. The highest BCUT2D eigenvalue weighted by Gasteiger charge is 2.53. The number of nitrogens with zero attached hydrogens (tertiary/aromatic N) is 2. The maximum Gasteiger partial charge on any atom is 0.308 e. The van der Waals surface area contributed by atoms with E-state index in [0.29, 0.717) is 12.8 Å². The van der Waals surface area contributed by atoms with Crippen LogP contribution in [0, 0.1) is 17.8 Å². The van der Waals surface area contributed by atoms with Crippen LogP contribution in [0.1, 0.15) is 134 Å². The second kappa shape index (κ2) is 14.7. The average Bonchev–Trinajstić information content (AvgIpc) is 3.37. The smallest absolute Gasteiger partial charge is 0.308 e. The van der Waals surface area contributed by atoms with E-state index in [9.17, 15) is 24.8 Å². The van der Waals surface area contributed by atoms with E-state index in [2.05, 4.69) is 33.0 Å². The van der Waals surface area contributed by atoms with Gasteiger partial charge in [0.2, 0.25) is 0 Å². The summed E-state index contributed by atoms with van der Waals surface area (Å²) in [4.78, 5) is 39.5. The summed E-state index contributed by atoms with van der Waals surface area (Å²) in [6, 6.07) is 0. The number of hydrogen-bond donors (Lipinski definition) is 3. The Labute approximate surface area is 294 Å². The lowest BCUT2D eigenvalue weighted by molar-refractivity contribution is -0.199. The van der Waals surface area contributed by atoms with Crippen molar-refractivity contribution in [2.45, 2.75) is 173 Å². The van der Waals surface area contributed by atoms with Crippen LogP contribution in [0.2, 0.25) is 0 Å². The van der Waals surface area contributed by atoms with Crippen molar-refractivity contribution in [3.63, 3.8) is 0 Å². The van der Waals surface area contributed by atoms with Crippen molar-refractivity contribution < 1.29 is 43.7 Å². The standard InChI is InChI=1S/C37H67N3O9/c1-31(2)18-25(34(7,8)38-31)22-49-30(43)21-37(46-13,16-14-28(41)47-23-26-19-32(3,4)39(44)35(26,9)10)17-15-29(42)48-24-27-20-33(5,6)40(45)36(27,11)12/h25-27,38,44-45H,14-24H2,1-13H3. The predicted molar refractivity (Wildman–Crippen MR) is 185 cm³/mol. The van der Waals surface area contributed by atoms with E-state index < -0.39 is 45.7 Å². The number of esters is 3. The minimum Gasteiger partial charge on any atom is -0.465 e. The Kier molecular flexibility index (Phi) is 12.4. The van der Waals surface area contributed by atoms with Crippen molar-refractivity contribution in [1.29, 1.82) is 0 Å². The third-order valence-corrected chi connectivity index (χ3v) is 12.0. The molecule has 3 atom stereocenters. The van der Waals surface area contributed by atoms with E-state index in [4.69, 9.17) is 18.9 Å². The molecule has 3 aliphatic heterocycles. The summed E-state index contributed by atoms with van der Waals surface area (Å²) < 4.78 is 23.2. The summed E-state index contributed by atoms with van der Waals surface area (Å²) in [7, 11) is 1.48. The van der Waals surface area contributed by atoms with Crippen LogP contribution >= 0.6 is 0 Å². The first-order chi connectivity index (χ1) is 22.2. The van der Waals surface area contributed by atoms with Crippen LogP contribution in [0.3, 0.4) is 0 Å². The summed E-state index contributed by atoms with van der Waals surface area (Å²) in [5, 5.41) is 27.6. The van der Waals surface area contributed by atoms with Crippen molar-refractivity contribution in [3.8, 4) is 0 Å². The van der Waals surface area contributed by atoms with Gasteiger partial charge in [0.1, 0.15) is 0 Å². The molecule has 12 nitrogen and oxygen atoms in total. The molecule has 0 aromatic carbocycles. The molecule has 0 saturated carbocycles. The number of carbonyl (C=O) groups excluding carboxylic acids is 3. The first kappa shape index (κ1) is 41.6. The normalized spacial score (nSPS) is 29.3. The number of rotatable bonds is 15. The maximum absolute atomic E-state index is 13.4. The van der Waals surface area contributed by atoms with E-state index in [0.717, 1.165) is 6.42 Å². The fraction of sp³-hybridized carbons (Fsp3) is 0.919. The first-order valence-electron chi connectivity index (χ1n) is 18.0. The second-order valence-corrected chi connectivity index (χ2v) is 18.6. The molecule has 284 valence electrons. The zero-order chi connectivity index (χ0) is 37.4. The molecular formula is C37H67N3O9. The van der Waals surface area contributed by atoms with Gasteiger partial charge in [0.25, 0.3) is 0 Å². The van der Waals surface area contributed by atoms with Crippen molar-refractivity contribution in [2.75, 3.05) is 26.9 Å². The van der Waals surface area contributed by atoms with Gasteiger partial charge in [0.05, 0.1) is 31.8 Å². The highest BCUT2D eigenvalue weighted by atomic mass is 16.6. The van der Waals surface area contributed by atoms with Crippen molar-refractivity contribution >= 4 is 17.9 Å². The van der Waals surface area contributed by atoms with Gasteiger partial charge in [-0.15, -0.1) is 0 Å². The van der Waals surface area contributed by atoms with Gasteiger partial charge >= 0.3 is 17.9 Å². The quantitative estimate of drug-likeness (QED) is 0.143. The summed E-state index contributed by atoms with van der Waals surface area (Å²) in [5.74, 6) is -1.36. The molecular weight excluding hydrogens is 630 g/mol. The first-order valence-corrected chi connectivity index (χ1v) is 18.0. The number of ether oxygens (including phenoxy) is 4. The van der Waals surface area contributed by atoms with E-state index >= 15 is 0 Å². The average molecular weight is 698 g/mol. The Morgan fingerprint density at radius 1 is 0.653 bits per heavy atom. The molecule has 0 radical (unpaired) electrons. The predicted octanol–water partition coefficient (Wildman–Crippen LogP) is 5.66. The van der Waals surface area contributed by atoms with E-state index in [-0.39, 0.29) is 80.8 Å². The molecule has 49 heavy (non-hydrogen) atoms. The molecule has 3 unspecified atom stereocenters. The Balaban J connectivity index is 1.65. The Morgan fingerprint density at radius 2 is 1.04 bits per heavy atom. The number of methoxy groups -OCH3 is 1. The Bertz CT molecular complexity index is 1140. The fourth-order valence-corrected chi connectivity index (χ4v) is 8.75. The van der Waals surface area contributed by atoms with Crippen LogP contribution in [-0.2, 0) is 33.3 Å². The zero-order valence-corrected chi connectivity index (χ0v) is 32.7. The molecule has 3 rings (SSSR count). The van der Waals surface area contributed by atoms with Gasteiger partial charge in [-0.2, -0.15) is 10.1 Å². The molecule has 0 amide bonds. The Morgan fingerprint density at radius 3 is 1.37 bits per heavy atom. The van der Waals surface area contributed by atoms with E-state index in [1.54, 1.807) is 0 Å². The van der Waals surface area contributed by atoms with Gasteiger partial charge < -0.3 is 34.7 Å². The number of carbonyl (C=O) groups is 3. The molecule has 3 heterocycles. The van der Waals surface area contributed by atoms with Crippen molar-refractivity contribution in [3.05, 3.63) is 0 Å². The minimum absolute atomic E-state index is 0.0268. The summed E-state index contributed by atoms with van der Waals surface area (Å²) in [6.45, 7) is 24.6. The summed E-state index contributed by atoms with van der Waals surface area (Å²) in [6.07, 6.45) is 2.27. The van der Waals surface area contributed by atoms with Gasteiger partial charge in [0.15, 0.2) is 0 Å². The Hall–Kier alpha value is -1.83. The van der Waals surface area contributed by atoms with Gasteiger partial charge in [0, 0.05) is 70.9 Å². The molecule has 3 aliphatic rings. The highest BCUT2D eigenvalue weighted by Crippen LogP contribution is 2.45. The van der Waals surface area contributed by atoms with Gasteiger partial charge in [-0.3, -0.25) is 14.4 Å². The van der Waals surface area contributed by atoms with E-state index in [1.807, 2.05) is 55.4 Å². The lowest BCUT2D eigenvalue weighted by atomic mass is 9.87. The van der Waals surface area contributed by atoms with Crippen molar-refractivity contribution in [1.82, 2.24) is 15.4 Å². The lowest BCUT2D eigenvalue weighted by Crippen LogP contribution is -2.47. The van der Waals surface area contributed by atoms with Crippen LogP contribution in [0.25, 0.3) is 0 Å². The summed E-state index contributed by atoms with van der Waals surface area (Å²) >= 11 is 0. The van der Waals surface area contributed by atoms with Crippen LogP contribution in [-0.4, -0.2) is 104 Å². The third kappa shape index (κ3) is 9.74. The van der Waals surface area contributed by atoms with Gasteiger partial charge in [-0.05, 0) is 115 Å². The number of hydroxylamine groups is 4. The largest absolute Gasteiger partial charge is 0.465 e. The summed E-state index contributed by atoms with van der Waals surface area (Å²) in [5.41, 5.74) is -3.46. The van der Waals surface area contributed by atoms with Crippen LogP contribution in [0.5, 0.6) is 0 Å². The number of hydrogen-bond acceptors (Lipinski definition) is 12. The molecule has 0 aliphatic carbocycles. The van der Waals surface area contributed by atoms with Crippen LogP contribution in [0.15, 0.2) is 0 Å². The lowest BCUT2D eigenvalue weighted by Gasteiger charge is -2.36. The fourth-order valence-electron chi connectivity index (χ4n) is 8.75. The minimum atomic E-state index is -1.16. The maximum atomic E-state index is 13.4. The molecule has 3 N–H and O–H groups in total. The zero-order valence-electron chi connectivity index (χ0n) is 32.7. The monoisotopic (exact) mass is 697 g/mol.